The molecule has 12 heavy (non-hydrogen) atoms. The van der Waals surface area contributed by atoms with Crippen molar-refractivity contribution in [2.45, 2.75) is 37.5 Å². The molecule has 0 aromatic heterocycles. The predicted molar refractivity (Wildman–Crippen MR) is 46.7 cm³/mol. The Labute approximate surface area is 75.5 Å². The van der Waals surface area contributed by atoms with Crippen LogP contribution in [0.3, 0.4) is 0 Å². The van der Waals surface area contributed by atoms with E-state index in [1.807, 2.05) is 13.8 Å². The number of hydrogen-bond acceptors (Lipinski definition) is 2. The standard InChI is InChI=1S/C8H14F2OS/c1-8(2)5(3-4-12-8)6(11)7(9)10/h5-7,11H,3-4H2,1-2H3. The summed E-state index contributed by atoms with van der Waals surface area (Å²) in [4.78, 5) is 0. The summed E-state index contributed by atoms with van der Waals surface area (Å²) in [6.45, 7) is 3.84. The molecule has 0 radical (unpaired) electrons. The van der Waals surface area contributed by atoms with Gasteiger partial charge in [-0.15, -0.1) is 0 Å². The zero-order chi connectivity index (χ0) is 9.35. The van der Waals surface area contributed by atoms with Crippen molar-refractivity contribution in [1.29, 1.82) is 0 Å². The largest absolute Gasteiger partial charge is 0.387 e. The highest BCUT2D eigenvalue weighted by molar-refractivity contribution is 8.00. The molecule has 1 aliphatic rings. The first kappa shape index (κ1) is 10.3. The van der Waals surface area contributed by atoms with E-state index in [2.05, 4.69) is 0 Å². The minimum absolute atomic E-state index is 0.199. The van der Waals surface area contributed by atoms with Crippen LogP contribution in [0.4, 0.5) is 8.78 Å². The third kappa shape index (κ3) is 1.91. The van der Waals surface area contributed by atoms with E-state index in [0.29, 0.717) is 6.42 Å². The van der Waals surface area contributed by atoms with E-state index in [1.54, 1.807) is 11.8 Å². The molecule has 1 nitrogen and oxygen atoms in total. The van der Waals surface area contributed by atoms with E-state index >= 15 is 0 Å². The Hall–Kier alpha value is 0.170. The molecule has 1 aliphatic heterocycles. The van der Waals surface area contributed by atoms with Gasteiger partial charge < -0.3 is 5.11 Å². The van der Waals surface area contributed by atoms with Gasteiger partial charge in [-0.05, 0) is 12.2 Å². The molecular weight excluding hydrogens is 182 g/mol. The second kappa shape index (κ2) is 3.50. The zero-order valence-electron chi connectivity index (χ0n) is 7.26. The van der Waals surface area contributed by atoms with Crippen molar-refractivity contribution in [1.82, 2.24) is 0 Å². The lowest BCUT2D eigenvalue weighted by atomic mass is 9.88. The van der Waals surface area contributed by atoms with Crippen molar-refractivity contribution in [2.75, 3.05) is 5.75 Å². The summed E-state index contributed by atoms with van der Waals surface area (Å²) in [5.74, 6) is 0.615. The molecule has 0 saturated carbocycles. The number of aliphatic hydroxyl groups excluding tert-OH is 1. The third-order valence-electron chi connectivity index (χ3n) is 2.47. The average Bonchev–Trinajstić information content (AvgIpc) is 2.27. The van der Waals surface area contributed by atoms with Gasteiger partial charge in [0.1, 0.15) is 6.10 Å². The lowest BCUT2D eigenvalue weighted by Crippen LogP contribution is -2.37. The molecule has 2 unspecified atom stereocenters. The first-order chi connectivity index (χ1) is 5.45. The van der Waals surface area contributed by atoms with Crippen LogP contribution in [-0.4, -0.2) is 28.1 Å². The quantitative estimate of drug-likeness (QED) is 0.730. The van der Waals surface area contributed by atoms with E-state index in [1.165, 1.54) is 0 Å². The molecule has 2 atom stereocenters. The van der Waals surface area contributed by atoms with Crippen LogP contribution in [0.25, 0.3) is 0 Å². The fraction of sp³-hybridized carbons (Fsp3) is 1.00. The second-order valence-corrected chi connectivity index (χ2v) is 5.42. The van der Waals surface area contributed by atoms with Gasteiger partial charge in [0.05, 0.1) is 0 Å². The third-order valence-corrected chi connectivity index (χ3v) is 3.95. The molecule has 72 valence electrons. The van der Waals surface area contributed by atoms with Crippen molar-refractivity contribution in [3.63, 3.8) is 0 Å². The highest BCUT2D eigenvalue weighted by Crippen LogP contribution is 2.44. The van der Waals surface area contributed by atoms with E-state index in [0.717, 1.165) is 5.75 Å². The smallest absolute Gasteiger partial charge is 0.264 e. The Morgan fingerprint density at radius 1 is 1.50 bits per heavy atom. The van der Waals surface area contributed by atoms with Crippen molar-refractivity contribution < 1.29 is 13.9 Å². The number of rotatable bonds is 2. The van der Waals surface area contributed by atoms with Crippen LogP contribution in [0.1, 0.15) is 20.3 Å². The molecule has 0 bridgehead atoms. The summed E-state index contributed by atoms with van der Waals surface area (Å²) in [5.41, 5.74) is 0. The SMILES string of the molecule is CC1(C)SCCC1C(O)C(F)F. The molecule has 0 aromatic carbocycles. The van der Waals surface area contributed by atoms with Gasteiger partial charge in [-0.25, -0.2) is 8.78 Å². The highest BCUT2D eigenvalue weighted by Gasteiger charge is 2.42. The lowest BCUT2D eigenvalue weighted by molar-refractivity contribution is -0.0443. The average molecular weight is 196 g/mol. The molecule has 4 heteroatoms. The second-order valence-electron chi connectivity index (χ2n) is 3.67. The summed E-state index contributed by atoms with van der Waals surface area (Å²) < 4.78 is 24.1. The Bertz CT molecular complexity index is 161. The van der Waals surface area contributed by atoms with Crippen LogP contribution in [0.15, 0.2) is 0 Å². The minimum Gasteiger partial charge on any atom is -0.387 e. The maximum Gasteiger partial charge on any atom is 0.264 e. The minimum atomic E-state index is -2.60. The van der Waals surface area contributed by atoms with E-state index in [9.17, 15) is 13.9 Å². The Balaban J connectivity index is 2.62. The van der Waals surface area contributed by atoms with Gasteiger partial charge in [0, 0.05) is 10.7 Å². The Morgan fingerprint density at radius 2 is 2.08 bits per heavy atom. The maximum absolute atomic E-state index is 12.2. The molecule has 1 rings (SSSR count). The molecule has 0 aromatic rings. The number of aliphatic hydroxyl groups is 1. The van der Waals surface area contributed by atoms with E-state index in [4.69, 9.17) is 0 Å². The van der Waals surface area contributed by atoms with Gasteiger partial charge in [0.15, 0.2) is 0 Å². The summed E-state index contributed by atoms with van der Waals surface area (Å²) in [6.07, 6.45) is -3.36. The fourth-order valence-corrected chi connectivity index (χ4v) is 3.03. The van der Waals surface area contributed by atoms with Gasteiger partial charge in [-0.1, -0.05) is 13.8 Å². The van der Waals surface area contributed by atoms with Crippen LogP contribution in [0.5, 0.6) is 0 Å². The van der Waals surface area contributed by atoms with Crippen LogP contribution >= 0.6 is 11.8 Å². The highest BCUT2D eigenvalue weighted by atomic mass is 32.2. The van der Waals surface area contributed by atoms with Crippen molar-refractivity contribution in [3.8, 4) is 0 Å². The Morgan fingerprint density at radius 3 is 2.42 bits per heavy atom. The predicted octanol–water partition coefficient (Wildman–Crippen LogP) is 2.14. The summed E-state index contributed by atoms with van der Waals surface area (Å²) in [7, 11) is 0. The molecule has 0 amide bonds. The van der Waals surface area contributed by atoms with Crippen molar-refractivity contribution in [2.24, 2.45) is 5.92 Å². The molecule has 1 heterocycles. The van der Waals surface area contributed by atoms with Gasteiger partial charge >= 0.3 is 0 Å². The Kier molecular flexibility index (Phi) is 2.99. The molecule has 1 fully saturated rings. The number of halogens is 2. The summed E-state index contributed by atoms with van der Waals surface area (Å²) in [5, 5.41) is 9.20. The fourth-order valence-electron chi connectivity index (χ4n) is 1.66. The molecule has 1 N–H and O–H groups in total. The zero-order valence-corrected chi connectivity index (χ0v) is 8.07. The van der Waals surface area contributed by atoms with E-state index in [-0.39, 0.29) is 10.7 Å². The van der Waals surface area contributed by atoms with Crippen LogP contribution in [0.2, 0.25) is 0 Å². The molecule has 0 spiro atoms. The first-order valence-corrected chi connectivity index (χ1v) is 5.04. The van der Waals surface area contributed by atoms with Crippen LogP contribution in [-0.2, 0) is 0 Å². The topological polar surface area (TPSA) is 20.2 Å². The number of hydrogen-bond donors (Lipinski definition) is 1. The summed E-state index contributed by atoms with van der Waals surface area (Å²) >= 11 is 1.66. The monoisotopic (exact) mass is 196 g/mol. The van der Waals surface area contributed by atoms with E-state index < -0.39 is 12.5 Å². The molecule has 1 saturated heterocycles. The van der Waals surface area contributed by atoms with Crippen LogP contribution in [0, 0.1) is 5.92 Å². The molecule has 0 aliphatic carbocycles. The van der Waals surface area contributed by atoms with Gasteiger partial charge in [0.2, 0.25) is 0 Å². The van der Waals surface area contributed by atoms with Gasteiger partial charge in [-0.3, -0.25) is 0 Å². The van der Waals surface area contributed by atoms with Crippen molar-refractivity contribution in [3.05, 3.63) is 0 Å². The first-order valence-electron chi connectivity index (χ1n) is 4.05. The van der Waals surface area contributed by atoms with Gasteiger partial charge in [-0.2, -0.15) is 11.8 Å². The lowest BCUT2D eigenvalue weighted by Gasteiger charge is -2.29. The van der Waals surface area contributed by atoms with Crippen LogP contribution < -0.4 is 0 Å². The van der Waals surface area contributed by atoms with Crippen molar-refractivity contribution >= 4 is 11.8 Å². The number of alkyl halides is 2. The number of thioether (sulfide) groups is 1. The normalized spacial score (nSPS) is 31.0. The maximum atomic E-state index is 12.2. The summed E-state index contributed by atoms with van der Waals surface area (Å²) in [6, 6.07) is 0. The molecular formula is C8H14F2OS. The van der Waals surface area contributed by atoms with Gasteiger partial charge in [0.25, 0.3) is 6.43 Å².